The second kappa shape index (κ2) is 16.4. The van der Waals surface area contributed by atoms with Gasteiger partial charge in [0, 0.05) is 51.4 Å². The molecule has 1 aliphatic heterocycles. The average Bonchev–Trinajstić information content (AvgIpc) is 3.97. The fraction of sp³-hybridized carbons (Fsp3) is 0.258. The van der Waals surface area contributed by atoms with E-state index in [2.05, 4.69) is 192 Å². The SMILES string of the molecule is C1=CC2=c3ccccc3=CC(C3=CCC(N(C4=CCC(C5=CCC(C6=C7Oc8ccccc8C7CC=C6)C=C5)C=C4)C4=c5sc6c(c5=CCC4)CCC=C6C4=CCCC=C4)C=C3)C2C=C1. The van der Waals surface area contributed by atoms with Crippen LogP contribution in [0.4, 0.5) is 0 Å². The lowest BCUT2D eigenvalue weighted by molar-refractivity contribution is 0.402. The van der Waals surface area contributed by atoms with Crippen LogP contribution >= 0.6 is 11.3 Å². The van der Waals surface area contributed by atoms with Crippen molar-refractivity contribution in [3.63, 3.8) is 0 Å². The molecule has 0 saturated carbocycles. The molecule has 9 aliphatic carbocycles. The van der Waals surface area contributed by atoms with Crippen LogP contribution < -0.4 is 24.9 Å². The summed E-state index contributed by atoms with van der Waals surface area (Å²) in [5.41, 5.74) is 14.3. The van der Waals surface area contributed by atoms with Gasteiger partial charge in [-0.3, -0.25) is 0 Å². The van der Waals surface area contributed by atoms with E-state index < -0.39 is 0 Å². The van der Waals surface area contributed by atoms with Gasteiger partial charge < -0.3 is 9.64 Å². The summed E-state index contributed by atoms with van der Waals surface area (Å²) >= 11 is 2.07. The minimum Gasteiger partial charge on any atom is -0.460 e. The molecule has 10 aliphatic rings. The third-order valence-electron chi connectivity index (χ3n) is 15.6. The summed E-state index contributed by atoms with van der Waals surface area (Å²) in [4.78, 5) is 4.28. The van der Waals surface area contributed by atoms with E-state index in [9.17, 15) is 0 Å². The number of fused-ring (bicyclic) bond motifs is 8. The number of allylic oxidation sites excluding steroid dienone is 23. The lowest BCUT2D eigenvalue weighted by atomic mass is 9.73. The standard InChI is InChI=1S/C62H55NOS/c1-2-13-42(14-3-1)50-21-11-23-55-56-24-12-25-58(62(56)65-61(50)55)63(47-37-33-44(34-38-47)57-39-45-15-4-5-16-48(45)51-17-6-7-18-52(51)57)46-35-31-41(32-36-46)40-27-29-43(30-28-40)49-20-10-22-54-53-19-8-9-26-59(53)64-60(49)54/h2,4-10,13-21,24,26-29,31,33-37,39,41,43,47,52,54,57H,1,3,11-12,22-23,25,30,32,38H2. The molecule has 2 nitrogen and oxygen atoms in total. The Bertz CT molecular complexity index is 3230. The van der Waals surface area contributed by atoms with E-state index >= 15 is 0 Å². The van der Waals surface area contributed by atoms with Crippen LogP contribution in [-0.4, -0.2) is 10.9 Å². The highest BCUT2D eigenvalue weighted by Gasteiger charge is 2.36. The number of hydrogen-bond acceptors (Lipinski definition) is 3. The summed E-state index contributed by atoms with van der Waals surface area (Å²) < 4.78 is 8.02. The maximum absolute atomic E-state index is 6.53. The molecule has 320 valence electrons. The zero-order chi connectivity index (χ0) is 42.8. The first-order valence-electron chi connectivity index (χ1n) is 24.4. The maximum atomic E-state index is 6.53. The molecular formula is C62H55NOS. The number of thiophene rings is 1. The third kappa shape index (κ3) is 6.80. The quantitative estimate of drug-likeness (QED) is 0.235. The van der Waals surface area contributed by atoms with E-state index in [0.29, 0.717) is 29.6 Å². The highest BCUT2D eigenvalue weighted by atomic mass is 32.1. The third-order valence-corrected chi connectivity index (χ3v) is 17.0. The molecule has 3 aromatic rings. The van der Waals surface area contributed by atoms with E-state index in [1.165, 1.54) is 81.2 Å². The Labute approximate surface area is 387 Å². The van der Waals surface area contributed by atoms with Gasteiger partial charge in [-0.25, -0.2) is 0 Å². The normalized spacial score (nSPS) is 27.7. The monoisotopic (exact) mass is 861 g/mol. The molecule has 0 amide bonds. The fourth-order valence-corrected chi connectivity index (χ4v) is 13.9. The number of hydrogen-bond donors (Lipinski definition) is 0. The summed E-state index contributed by atoms with van der Waals surface area (Å²) in [6, 6.07) is 17.8. The van der Waals surface area contributed by atoms with Gasteiger partial charge in [-0.1, -0.05) is 164 Å². The molecular weight excluding hydrogens is 807 g/mol. The van der Waals surface area contributed by atoms with Crippen LogP contribution in [-0.2, 0) is 6.42 Å². The van der Waals surface area contributed by atoms with E-state index in [1.54, 1.807) is 5.56 Å². The molecule has 0 radical (unpaired) electrons. The van der Waals surface area contributed by atoms with Crippen molar-refractivity contribution in [2.24, 2.45) is 23.7 Å². The smallest absolute Gasteiger partial charge is 0.130 e. The van der Waals surface area contributed by atoms with Crippen molar-refractivity contribution in [1.29, 1.82) is 0 Å². The number of rotatable bonds is 7. The van der Waals surface area contributed by atoms with Gasteiger partial charge in [-0.2, -0.15) is 0 Å². The Morgan fingerprint density at radius 1 is 0.615 bits per heavy atom. The molecule has 65 heavy (non-hydrogen) atoms. The first kappa shape index (κ1) is 39.2. The van der Waals surface area contributed by atoms with Crippen LogP contribution in [0.5, 0.6) is 5.75 Å². The molecule has 0 saturated heterocycles. The highest BCUT2D eigenvalue weighted by molar-refractivity contribution is 7.11. The predicted molar refractivity (Wildman–Crippen MR) is 271 cm³/mol. The Morgan fingerprint density at radius 2 is 1.49 bits per heavy atom. The van der Waals surface area contributed by atoms with Crippen molar-refractivity contribution in [3.05, 3.63) is 234 Å². The van der Waals surface area contributed by atoms with Crippen molar-refractivity contribution in [2.45, 2.75) is 76.2 Å². The van der Waals surface area contributed by atoms with Crippen molar-refractivity contribution in [2.75, 3.05) is 0 Å². The van der Waals surface area contributed by atoms with Gasteiger partial charge in [0.15, 0.2) is 0 Å². The second-order valence-electron chi connectivity index (χ2n) is 19.3. The van der Waals surface area contributed by atoms with Crippen molar-refractivity contribution in [1.82, 2.24) is 4.90 Å². The second-order valence-corrected chi connectivity index (χ2v) is 20.3. The Morgan fingerprint density at radius 3 is 2.37 bits per heavy atom. The zero-order valence-corrected chi connectivity index (χ0v) is 37.9. The van der Waals surface area contributed by atoms with E-state index in [4.69, 9.17) is 4.74 Å². The topological polar surface area (TPSA) is 12.5 Å². The number of nitrogens with zero attached hydrogens (tertiary/aromatic N) is 1. The van der Waals surface area contributed by atoms with Gasteiger partial charge in [-0.05, 0) is 131 Å². The first-order chi connectivity index (χ1) is 32.2. The molecule has 0 N–H and O–H groups in total. The number of ether oxygens (including phenoxy) is 1. The van der Waals surface area contributed by atoms with Crippen LogP contribution in [0.25, 0.3) is 29.0 Å². The molecule has 6 unspecified atom stereocenters. The summed E-state index contributed by atoms with van der Waals surface area (Å²) in [6.45, 7) is 0. The van der Waals surface area contributed by atoms with Gasteiger partial charge in [0.05, 0.1) is 10.6 Å². The zero-order valence-electron chi connectivity index (χ0n) is 37.0. The lowest BCUT2D eigenvalue weighted by Crippen LogP contribution is -2.40. The summed E-state index contributed by atoms with van der Waals surface area (Å²) in [6.07, 6.45) is 62.0. The molecule has 3 heteroatoms. The summed E-state index contributed by atoms with van der Waals surface area (Å²) in [5.74, 6) is 3.95. The lowest BCUT2D eigenvalue weighted by Gasteiger charge is -2.38. The minimum atomic E-state index is 0.242. The highest BCUT2D eigenvalue weighted by Crippen LogP contribution is 2.48. The molecule has 2 aromatic carbocycles. The molecule has 0 fully saturated rings. The summed E-state index contributed by atoms with van der Waals surface area (Å²) in [7, 11) is 0. The van der Waals surface area contributed by atoms with Crippen molar-refractivity contribution < 1.29 is 4.74 Å². The fourth-order valence-electron chi connectivity index (χ4n) is 12.4. The number of para-hydroxylation sites is 1. The molecule has 1 aromatic heterocycles. The summed E-state index contributed by atoms with van der Waals surface area (Å²) in [5, 5.41) is 4.25. The van der Waals surface area contributed by atoms with Crippen LogP contribution in [0.1, 0.15) is 79.7 Å². The minimum absolute atomic E-state index is 0.242. The van der Waals surface area contributed by atoms with Gasteiger partial charge in [0.1, 0.15) is 11.5 Å². The van der Waals surface area contributed by atoms with Gasteiger partial charge in [-0.15, -0.1) is 11.3 Å². The molecule has 0 bridgehead atoms. The predicted octanol–water partition coefficient (Wildman–Crippen LogP) is 11.9. The van der Waals surface area contributed by atoms with Crippen LogP contribution in [0, 0.1) is 23.7 Å². The number of benzene rings is 2. The van der Waals surface area contributed by atoms with Crippen LogP contribution in [0.3, 0.4) is 0 Å². The van der Waals surface area contributed by atoms with Crippen LogP contribution in [0.15, 0.2) is 198 Å². The van der Waals surface area contributed by atoms with E-state index in [-0.39, 0.29) is 6.04 Å². The van der Waals surface area contributed by atoms with Gasteiger partial charge >= 0.3 is 0 Å². The molecule has 0 spiro atoms. The maximum Gasteiger partial charge on any atom is 0.130 e. The van der Waals surface area contributed by atoms with E-state index in [0.717, 1.165) is 70.0 Å². The van der Waals surface area contributed by atoms with Gasteiger partial charge in [0.25, 0.3) is 0 Å². The molecule has 6 atom stereocenters. The first-order valence-corrected chi connectivity index (χ1v) is 25.3. The Hall–Kier alpha value is -6.16. The van der Waals surface area contributed by atoms with Crippen LogP contribution in [0.2, 0.25) is 0 Å². The van der Waals surface area contributed by atoms with E-state index in [1.807, 2.05) is 0 Å². The Kier molecular flexibility index (Phi) is 9.88. The van der Waals surface area contributed by atoms with Crippen molar-refractivity contribution >= 4 is 40.3 Å². The molecule has 2 heterocycles. The Balaban J connectivity index is 0.819. The van der Waals surface area contributed by atoms with Crippen molar-refractivity contribution in [3.8, 4) is 5.75 Å². The average molecular weight is 862 g/mol. The largest absolute Gasteiger partial charge is 0.460 e. The molecule has 13 rings (SSSR count). The van der Waals surface area contributed by atoms with Gasteiger partial charge in [0.2, 0.25) is 0 Å².